The van der Waals surface area contributed by atoms with Gasteiger partial charge >= 0.3 is 0 Å². The zero-order chi connectivity index (χ0) is 14.7. The van der Waals surface area contributed by atoms with Crippen LogP contribution in [0.2, 0.25) is 0 Å². The SMILES string of the molecule is COCCOC1C(O)CC1Oc1cc(C)c(Br)c(C)c1. The Bertz CT molecular complexity index is 440. The third-order valence-electron chi connectivity index (χ3n) is 3.51. The van der Waals surface area contributed by atoms with Gasteiger partial charge in [-0.25, -0.2) is 0 Å². The van der Waals surface area contributed by atoms with Gasteiger partial charge in [-0.3, -0.25) is 0 Å². The Labute approximate surface area is 128 Å². The number of halogens is 1. The first kappa shape index (κ1) is 15.8. The van der Waals surface area contributed by atoms with Crippen LogP contribution in [0.5, 0.6) is 5.75 Å². The maximum Gasteiger partial charge on any atom is 0.130 e. The first-order valence-corrected chi connectivity index (χ1v) is 7.54. The molecule has 0 bridgehead atoms. The van der Waals surface area contributed by atoms with Crippen LogP contribution in [-0.4, -0.2) is 43.7 Å². The predicted molar refractivity (Wildman–Crippen MR) is 80.3 cm³/mol. The van der Waals surface area contributed by atoms with Gasteiger partial charge in [0.1, 0.15) is 18.0 Å². The average molecular weight is 345 g/mol. The minimum Gasteiger partial charge on any atom is -0.487 e. The molecule has 0 amide bonds. The molecule has 5 heteroatoms. The molecule has 3 unspecified atom stereocenters. The molecule has 1 fully saturated rings. The molecule has 0 saturated heterocycles. The minimum atomic E-state index is -0.450. The van der Waals surface area contributed by atoms with Crippen molar-refractivity contribution in [1.82, 2.24) is 0 Å². The topological polar surface area (TPSA) is 47.9 Å². The number of hydrogen-bond donors (Lipinski definition) is 1. The molecule has 0 heterocycles. The van der Waals surface area contributed by atoms with Crippen molar-refractivity contribution >= 4 is 15.9 Å². The van der Waals surface area contributed by atoms with Gasteiger partial charge in [-0.1, -0.05) is 15.9 Å². The highest BCUT2D eigenvalue weighted by atomic mass is 79.9. The average Bonchev–Trinajstić information content (AvgIpc) is 2.40. The van der Waals surface area contributed by atoms with Crippen LogP contribution in [0.15, 0.2) is 16.6 Å². The molecular formula is C15H21BrO4. The molecule has 0 spiro atoms. The maximum atomic E-state index is 9.76. The van der Waals surface area contributed by atoms with E-state index in [9.17, 15) is 5.11 Å². The van der Waals surface area contributed by atoms with Gasteiger partial charge in [0.05, 0.1) is 19.3 Å². The Morgan fingerprint density at radius 2 is 1.90 bits per heavy atom. The summed E-state index contributed by atoms with van der Waals surface area (Å²) in [6.45, 7) is 5.06. The summed E-state index contributed by atoms with van der Waals surface area (Å²) in [7, 11) is 1.63. The van der Waals surface area contributed by atoms with Crippen molar-refractivity contribution in [3.8, 4) is 5.75 Å². The summed E-state index contributed by atoms with van der Waals surface area (Å²) in [6.07, 6.45) is -0.211. The molecule has 1 aliphatic carbocycles. The molecule has 112 valence electrons. The van der Waals surface area contributed by atoms with E-state index < -0.39 is 6.10 Å². The lowest BCUT2D eigenvalue weighted by Gasteiger charge is -2.40. The Hall–Kier alpha value is -0.620. The van der Waals surface area contributed by atoms with Gasteiger partial charge in [-0.15, -0.1) is 0 Å². The van der Waals surface area contributed by atoms with E-state index in [1.807, 2.05) is 26.0 Å². The molecule has 1 aromatic carbocycles. The lowest BCUT2D eigenvalue weighted by molar-refractivity contribution is -0.167. The van der Waals surface area contributed by atoms with Crippen LogP contribution in [0.1, 0.15) is 17.5 Å². The molecule has 0 aromatic heterocycles. The van der Waals surface area contributed by atoms with E-state index in [0.29, 0.717) is 19.6 Å². The van der Waals surface area contributed by atoms with Crippen LogP contribution in [0.3, 0.4) is 0 Å². The van der Waals surface area contributed by atoms with Crippen molar-refractivity contribution in [2.45, 2.75) is 38.6 Å². The molecule has 2 rings (SSSR count). The Morgan fingerprint density at radius 1 is 1.25 bits per heavy atom. The van der Waals surface area contributed by atoms with Gasteiger partial charge < -0.3 is 19.3 Å². The number of hydrogen-bond acceptors (Lipinski definition) is 4. The van der Waals surface area contributed by atoms with Crippen LogP contribution >= 0.6 is 15.9 Å². The highest BCUT2D eigenvalue weighted by Gasteiger charge is 2.42. The number of benzene rings is 1. The van der Waals surface area contributed by atoms with Gasteiger partial charge in [-0.05, 0) is 37.1 Å². The summed E-state index contributed by atoms with van der Waals surface area (Å²) in [4.78, 5) is 0. The molecule has 20 heavy (non-hydrogen) atoms. The van der Waals surface area contributed by atoms with E-state index in [-0.39, 0.29) is 12.2 Å². The van der Waals surface area contributed by atoms with E-state index >= 15 is 0 Å². The van der Waals surface area contributed by atoms with E-state index in [1.54, 1.807) is 7.11 Å². The minimum absolute atomic E-state index is 0.0955. The monoisotopic (exact) mass is 344 g/mol. The first-order chi connectivity index (χ1) is 9.52. The Balaban J connectivity index is 1.96. The molecule has 1 saturated carbocycles. The van der Waals surface area contributed by atoms with Crippen molar-refractivity contribution < 1.29 is 19.3 Å². The van der Waals surface area contributed by atoms with E-state index in [4.69, 9.17) is 14.2 Å². The van der Waals surface area contributed by atoms with E-state index in [2.05, 4.69) is 15.9 Å². The van der Waals surface area contributed by atoms with E-state index in [0.717, 1.165) is 21.3 Å². The van der Waals surface area contributed by atoms with Crippen LogP contribution < -0.4 is 4.74 Å². The summed E-state index contributed by atoms with van der Waals surface area (Å²) in [5.41, 5.74) is 2.27. The van der Waals surface area contributed by atoms with Gasteiger partial charge in [0, 0.05) is 18.0 Å². The normalized spacial score (nSPS) is 25.4. The molecule has 1 aliphatic rings. The van der Waals surface area contributed by atoms with Crippen LogP contribution in [0.25, 0.3) is 0 Å². The summed E-state index contributed by atoms with van der Waals surface area (Å²) in [5.74, 6) is 0.820. The van der Waals surface area contributed by atoms with Crippen molar-refractivity contribution in [2.75, 3.05) is 20.3 Å². The highest BCUT2D eigenvalue weighted by Crippen LogP contribution is 2.32. The van der Waals surface area contributed by atoms with Gasteiger partial charge in [-0.2, -0.15) is 0 Å². The molecule has 1 N–H and O–H groups in total. The van der Waals surface area contributed by atoms with Crippen molar-refractivity contribution in [2.24, 2.45) is 0 Å². The zero-order valence-electron chi connectivity index (χ0n) is 12.1. The smallest absolute Gasteiger partial charge is 0.130 e. The largest absolute Gasteiger partial charge is 0.487 e. The van der Waals surface area contributed by atoms with Crippen molar-refractivity contribution in [1.29, 1.82) is 0 Å². The summed E-state index contributed by atoms with van der Waals surface area (Å²) in [6, 6.07) is 3.99. The number of aryl methyl sites for hydroxylation is 2. The second-order valence-electron chi connectivity index (χ2n) is 5.16. The standard InChI is InChI=1S/C15H21BrO4/c1-9-6-11(7-10(2)14(9)16)20-13-8-12(17)15(13)19-5-4-18-3/h6-7,12-13,15,17H,4-5,8H2,1-3H3. The van der Waals surface area contributed by atoms with Crippen molar-refractivity contribution in [3.63, 3.8) is 0 Å². The Kier molecular flexibility index (Phi) is 5.43. The van der Waals surface area contributed by atoms with Crippen LogP contribution in [-0.2, 0) is 9.47 Å². The third kappa shape index (κ3) is 3.52. The maximum absolute atomic E-state index is 9.76. The lowest BCUT2D eigenvalue weighted by Crippen LogP contribution is -2.55. The number of rotatable bonds is 6. The van der Waals surface area contributed by atoms with Gasteiger partial charge in [0.2, 0.25) is 0 Å². The summed E-state index contributed by atoms with van der Waals surface area (Å²) >= 11 is 3.54. The van der Waals surface area contributed by atoms with Gasteiger partial charge in [0.25, 0.3) is 0 Å². The zero-order valence-corrected chi connectivity index (χ0v) is 13.6. The molecule has 1 aromatic rings. The summed E-state index contributed by atoms with van der Waals surface area (Å²) in [5, 5.41) is 9.76. The second-order valence-corrected chi connectivity index (χ2v) is 5.95. The third-order valence-corrected chi connectivity index (χ3v) is 4.77. The fraction of sp³-hybridized carbons (Fsp3) is 0.600. The van der Waals surface area contributed by atoms with E-state index in [1.165, 1.54) is 0 Å². The quantitative estimate of drug-likeness (QED) is 0.806. The van der Waals surface area contributed by atoms with Crippen molar-refractivity contribution in [3.05, 3.63) is 27.7 Å². The number of aliphatic hydroxyl groups excluding tert-OH is 1. The fourth-order valence-electron chi connectivity index (χ4n) is 2.31. The molecular weight excluding hydrogens is 324 g/mol. The highest BCUT2D eigenvalue weighted by molar-refractivity contribution is 9.10. The van der Waals surface area contributed by atoms with Crippen LogP contribution in [0, 0.1) is 13.8 Å². The lowest BCUT2D eigenvalue weighted by atomic mass is 9.88. The molecule has 3 atom stereocenters. The molecule has 0 radical (unpaired) electrons. The molecule has 0 aliphatic heterocycles. The van der Waals surface area contributed by atoms with Gasteiger partial charge in [0.15, 0.2) is 0 Å². The molecule has 4 nitrogen and oxygen atoms in total. The number of aliphatic hydroxyl groups is 1. The first-order valence-electron chi connectivity index (χ1n) is 6.75. The second kappa shape index (κ2) is 6.89. The number of ether oxygens (including phenoxy) is 3. The predicted octanol–water partition coefficient (Wildman–Crippen LogP) is 2.61. The van der Waals surface area contributed by atoms with Crippen LogP contribution in [0.4, 0.5) is 0 Å². The summed E-state index contributed by atoms with van der Waals surface area (Å²) < 4.78 is 17.6. The number of methoxy groups -OCH3 is 1. The Morgan fingerprint density at radius 3 is 2.45 bits per heavy atom. The fourth-order valence-corrected chi connectivity index (χ4v) is 2.54.